The van der Waals surface area contributed by atoms with E-state index in [0.717, 1.165) is 41.9 Å². The molecule has 2 N–H and O–H groups in total. The summed E-state index contributed by atoms with van der Waals surface area (Å²) in [6.07, 6.45) is 9.24. The molecule has 0 bridgehead atoms. The number of halogens is 1. The minimum Gasteiger partial charge on any atom is -0.480 e. The van der Waals surface area contributed by atoms with Gasteiger partial charge in [0, 0.05) is 25.9 Å². The third-order valence-electron chi connectivity index (χ3n) is 5.41. The molecule has 0 saturated carbocycles. The van der Waals surface area contributed by atoms with E-state index in [1.54, 1.807) is 19.5 Å². The van der Waals surface area contributed by atoms with Gasteiger partial charge < -0.3 is 24.6 Å². The molecule has 0 radical (unpaired) electrons. The molecular formula is C19H22ClN5O3. The second-order valence-electron chi connectivity index (χ2n) is 7.03. The summed E-state index contributed by atoms with van der Waals surface area (Å²) in [6, 6.07) is 0.201. The number of carbonyl (C=O) groups is 1. The molecule has 0 saturated heterocycles. The number of aliphatic carboxylic acids is 1. The molecule has 2 atom stereocenters. The van der Waals surface area contributed by atoms with E-state index in [2.05, 4.69) is 20.2 Å². The summed E-state index contributed by atoms with van der Waals surface area (Å²) in [4.78, 5) is 22.1. The maximum Gasteiger partial charge on any atom is 0.323 e. The molecule has 2 aromatic rings. The molecule has 4 rings (SSSR count). The zero-order valence-electron chi connectivity index (χ0n) is 15.7. The molecule has 0 aromatic carbocycles. The van der Waals surface area contributed by atoms with Crippen molar-refractivity contribution in [2.75, 3.05) is 24.4 Å². The van der Waals surface area contributed by atoms with Crippen molar-refractivity contribution in [2.45, 2.75) is 38.1 Å². The summed E-state index contributed by atoms with van der Waals surface area (Å²) in [5, 5.41) is 13.3. The van der Waals surface area contributed by atoms with Crippen LogP contribution in [0.5, 0.6) is 0 Å². The van der Waals surface area contributed by atoms with Crippen molar-refractivity contribution in [3.05, 3.63) is 40.4 Å². The van der Waals surface area contributed by atoms with Gasteiger partial charge in [-0.2, -0.15) is 0 Å². The Kier molecular flexibility index (Phi) is 4.99. The van der Waals surface area contributed by atoms with Crippen LogP contribution in [0.2, 0.25) is 5.02 Å². The van der Waals surface area contributed by atoms with Crippen LogP contribution >= 0.6 is 11.6 Å². The maximum absolute atomic E-state index is 11.4. The lowest BCUT2D eigenvalue weighted by Gasteiger charge is -2.32. The predicted octanol–water partition coefficient (Wildman–Crippen LogP) is 2.42. The van der Waals surface area contributed by atoms with Crippen molar-refractivity contribution < 1.29 is 14.6 Å². The quantitative estimate of drug-likeness (QED) is 0.791. The van der Waals surface area contributed by atoms with Gasteiger partial charge in [-0.15, -0.1) is 0 Å². The van der Waals surface area contributed by atoms with Crippen LogP contribution < -0.4 is 10.2 Å². The molecule has 3 heterocycles. The van der Waals surface area contributed by atoms with Gasteiger partial charge in [0.1, 0.15) is 12.8 Å². The summed E-state index contributed by atoms with van der Waals surface area (Å²) >= 11 is 5.90. The Morgan fingerprint density at radius 1 is 1.46 bits per heavy atom. The monoisotopic (exact) mass is 403 g/mol. The smallest absolute Gasteiger partial charge is 0.323 e. The number of nitrogens with one attached hydrogen (secondary N) is 1. The highest BCUT2D eigenvalue weighted by Gasteiger charge is 2.32. The number of aromatic nitrogens is 3. The van der Waals surface area contributed by atoms with Gasteiger partial charge in [-0.05, 0) is 37.0 Å². The maximum atomic E-state index is 11.4. The molecule has 2 aliphatic rings. The van der Waals surface area contributed by atoms with E-state index in [1.165, 1.54) is 0 Å². The minimum absolute atomic E-state index is 0.0534. The molecule has 0 fully saturated rings. The average Bonchev–Trinajstić information content (AvgIpc) is 3.00. The number of nitrogens with zero attached hydrogens (tertiary/aromatic N) is 4. The molecule has 1 aliphatic heterocycles. The topological polar surface area (TPSA) is 92.5 Å². The zero-order valence-corrected chi connectivity index (χ0v) is 16.5. The van der Waals surface area contributed by atoms with Crippen molar-refractivity contribution in [1.29, 1.82) is 0 Å². The van der Waals surface area contributed by atoms with Gasteiger partial charge in [-0.25, -0.2) is 9.97 Å². The fourth-order valence-electron chi connectivity index (χ4n) is 4.03. The number of likely N-dealkylation sites (N-methyl/N-ethyl adjacent to an activating group) is 1. The van der Waals surface area contributed by atoms with Crippen LogP contribution in [0, 0.1) is 0 Å². The van der Waals surface area contributed by atoms with Crippen LogP contribution in [0.3, 0.4) is 0 Å². The first-order valence-corrected chi connectivity index (χ1v) is 9.49. The SMILES string of the molecule is COC1C=Cc2c(c3c(n2CC(=O)O)CCC(N(C)c2ncc(Cl)cn2)C3)N1. The van der Waals surface area contributed by atoms with E-state index in [4.69, 9.17) is 16.3 Å². The lowest BCUT2D eigenvalue weighted by molar-refractivity contribution is -0.137. The van der Waals surface area contributed by atoms with E-state index in [9.17, 15) is 9.90 Å². The molecular weight excluding hydrogens is 382 g/mol. The number of anilines is 2. The third kappa shape index (κ3) is 3.33. The van der Waals surface area contributed by atoms with Crippen molar-refractivity contribution in [3.8, 4) is 0 Å². The molecule has 2 aromatic heterocycles. The first kappa shape index (κ1) is 18.8. The van der Waals surface area contributed by atoms with Gasteiger partial charge in [0.25, 0.3) is 0 Å². The van der Waals surface area contributed by atoms with Gasteiger partial charge in [-0.3, -0.25) is 4.79 Å². The zero-order chi connectivity index (χ0) is 19.8. The number of fused-ring (bicyclic) bond motifs is 3. The summed E-state index contributed by atoms with van der Waals surface area (Å²) in [7, 11) is 3.62. The molecule has 28 heavy (non-hydrogen) atoms. The Morgan fingerprint density at radius 2 is 2.21 bits per heavy atom. The number of methoxy groups -OCH3 is 1. The fourth-order valence-corrected chi connectivity index (χ4v) is 4.12. The van der Waals surface area contributed by atoms with Crippen molar-refractivity contribution in [3.63, 3.8) is 0 Å². The fraction of sp³-hybridized carbons (Fsp3) is 0.421. The highest BCUT2D eigenvalue weighted by atomic mass is 35.5. The van der Waals surface area contributed by atoms with Crippen LogP contribution in [0.4, 0.5) is 11.6 Å². The Labute approximate surface area is 167 Å². The van der Waals surface area contributed by atoms with Crippen LogP contribution in [0.15, 0.2) is 18.5 Å². The highest BCUT2D eigenvalue weighted by Crippen LogP contribution is 2.38. The Hall–Kier alpha value is -2.58. The largest absolute Gasteiger partial charge is 0.480 e. The first-order chi connectivity index (χ1) is 13.5. The highest BCUT2D eigenvalue weighted by molar-refractivity contribution is 6.30. The third-order valence-corrected chi connectivity index (χ3v) is 5.60. The number of carboxylic acids is 1. The van der Waals surface area contributed by atoms with Crippen molar-refractivity contribution in [1.82, 2.24) is 14.5 Å². The van der Waals surface area contributed by atoms with E-state index in [1.807, 2.05) is 23.8 Å². The first-order valence-electron chi connectivity index (χ1n) is 9.12. The van der Waals surface area contributed by atoms with Gasteiger partial charge >= 0.3 is 5.97 Å². The normalized spacial score (nSPS) is 20.2. The molecule has 0 amide bonds. The van der Waals surface area contributed by atoms with E-state index >= 15 is 0 Å². The Bertz CT molecular complexity index is 925. The standard InChI is InChI=1S/C19H22ClN5O3/c1-24(19-21-8-11(20)9-22-19)12-3-4-14-13(7-12)18-15(25(14)10-17(26)27)5-6-16(23-18)28-2/h5-6,8-9,12,16,23H,3-4,7,10H2,1-2H3,(H,26,27). The molecule has 2 unspecified atom stereocenters. The second kappa shape index (κ2) is 7.44. The molecule has 1 aliphatic carbocycles. The number of hydrogen-bond acceptors (Lipinski definition) is 6. The van der Waals surface area contributed by atoms with Crippen molar-refractivity contribution >= 4 is 35.3 Å². The lowest BCUT2D eigenvalue weighted by atomic mass is 9.91. The summed E-state index contributed by atoms with van der Waals surface area (Å²) in [5.74, 6) is -0.226. The van der Waals surface area contributed by atoms with Gasteiger partial charge in [0.15, 0.2) is 0 Å². The average molecular weight is 404 g/mol. The van der Waals surface area contributed by atoms with E-state index < -0.39 is 5.97 Å². The lowest BCUT2D eigenvalue weighted by Crippen LogP contribution is -2.38. The summed E-state index contributed by atoms with van der Waals surface area (Å²) in [5.41, 5.74) is 4.06. The molecule has 148 valence electrons. The Balaban J connectivity index is 1.68. The number of carboxylic acid groups (broad SMARTS) is 1. The van der Waals surface area contributed by atoms with Crippen LogP contribution in [-0.4, -0.2) is 52.0 Å². The predicted molar refractivity (Wildman–Crippen MR) is 107 cm³/mol. The number of ether oxygens (including phenoxy) is 1. The van der Waals surface area contributed by atoms with Crippen LogP contribution in [-0.2, 0) is 28.9 Å². The summed E-state index contributed by atoms with van der Waals surface area (Å²) < 4.78 is 7.32. The number of rotatable bonds is 5. The minimum atomic E-state index is -0.850. The van der Waals surface area contributed by atoms with Gasteiger partial charge in [0.05, 0.1) is 28.8 Å². The Morgan fingerprint density at radius 3 is 2.89 bits per heavy atom. The van der Waals surface area contributed by atoms with Crippen LogP contribution in [0.1, 0.15) is 23.4 Å². The molecule has 9 heteroatoms. The second-order valence-corrected chi connectivity index (χ2v) is 7.47. The van der Waals surface area contributed by atoms with Crippen LogP contribution in [0.25, 0.3) is 6.08 Å². The summed E-state index contributed by atoms with van der Waals surface area (Å²) in [6.45, 7) is -0.0534. The van der Waals surface area contributed by atoms with E-state index in [0.29, 0.717) is 11.0 Å². The van der Waals surface area contributed by atoms with Crippen molar-refractivity contribution in [2.24, 2.45) is 0 Å². The van der Waals surface area contributed by atoms with Gasteiger partial charge in [0.2, 0.25) is 5.95 Å². The van der Waals surface area contributed by atoms with Gasteiger partial charge in [-0.1, -0.05) is 11.6 Å². The molecule has 8 nitrogen and oxygen atoms in total. The van der Waals surface area contributed by atoms with E-state index in [-0.39, 0.29) is 18.8 Å². The number of hydrogen-bond donors (Lipinski definition) is 2. The molecule has 0 spiro atoms.